The first-order valence-corrected chi connectivity index (χ1v) is 7.05. The Bertz CT molecular complexity index is 213. The molecule has 2 heteroatoms. The Hall–Kier alpha value is 0.0500. The lowest BCUT2D eigenvalue weighted by molar-refractivity contribution is 0.0711. The van der Waals surface area contributed by atoms with E-state index in [4.69, 9.17) is 0 Å². The van der Waals surface area contributed by atoms with Crippen molar-refractivity contribution in [1.82, 2.24) is 4.90 Å². The summed E-state index contributed by atoms with van der Waals surface area (Å²) in [5.74, 6) is 1.89. The molecule has 86 valence electrons. The van der Waals surface area contributed by atoms with Gasteiger partial charge in [-0.15, -0.1) is 0 Å². The molecule has 0 spiro atoms. The minimum atomic E-state index is 0.877. The average molecular weight is 225 g/mol. The molecule has 1 aliphatic heterocycles. The Morgan fingerprint density at radius 2 is 1.87 bits per heavy atom. The number of rotatable bonds is 3. The lowest BCUT2D eigenvalue weighted by Crippen LogP contribution is -2.46. The summed E-state index contributed by atoms with van der Waals surface area (Å²) in [6.07, 6.45) is 13.2. The van der Waals surface area contributed by atoms with E-state index in [9.17, 15) is 0 Å². The summed E-state index contributed by atoms with van der Waals surface area (Å²) in [4.78, 5) is 2.70. The van der Waals surface area contributed by atoms with Gasteiger partial charge in [-0.2, -0.15) is 12.6 Å². The van der Waals surface area contributed by atoms with Crippen LogP contribution in [0.15, 0.2) is 12.2 Å². The summed E-state index contributed by atoms with van der Waals surface area (Å²) in [7, 11) is 0. The van der Waals surface area contributed by atoms with Crippen molar-refractivity contribution in [2.75, 3.05) is 18.8 Å². The van der Waals surface area contributed by atoms with Crippen LogP contribution < -0.4 is 0 Å². The van der Waals surface area contributed by atoms with E-state index in [1.165, 1.54) is 45.1 Å². The van der Waals surface area contributed by atoms with Crippen LogP contribution in [0, 0.1) is 5.92 Å². The Morgan fingerprint density at radius 1 is 1.07 bits per heavy atom. The van der Waals surface area contributed by atoms with E-state index in [0.29, 0.717) is 0 Å². The molecule has 1 heterocycles. The zero-order valence-corrected chi connectivity index (χ0v) is 10.5. The molecule has 0 aromatic rings. The number of thiol groups is 1. The van der Waals surface area contributed by atoms with Gasteiger partial charge in [-0.3, -0.25) is 4.90 Å². The lowest BCUT2D eigenvalue weighted by atomic mass is 9.78. The van der Waals surface area contributed by atoms with E-state index in [1.807, 2.05) is 0 Å². The van der Waals surface area contributed by atoms with Crippen LogP contribution in [-0.4, -0.2) is 29.8 Å². The third-order valence-corrected chi connectivity index (χ3v) is 4.18. The van der Waals surface area contributed by atoms with Crippen LogP contribution in [0.1, 0.15) is 38.5 Å². The van der Waals surface area contributed by atoms with Crippen LogP contribution in [0.3, 0.4) is 0 Å². The molecule has 0 bridgehead atoms. The normalized spacial score (nSPS) is 33.1. The van der Waals surface area contributed by atoms with Crippen LogP contribution >= 0.6 is 12.6 Å². The Labute approximate surface area is 99.3 Å². The second-order valence-corrected chi connectivity index (χ2v) is 5.27. The van der Waals surface area contributed by atoms with E-state index in [1.54, 1.807) is 0 Å². The number of piperidine rings is 1. The second-order valence-electron chi connectivity index (χ2n) is 4.90. The SMILES string of the molecule is SCC=CCN1CCCC2CCCCC21. The number of nitrogens with zero attached hydrogens (tertiary/aromatic N) is 1. The Morgan fingerprint density at radius 3 is 2.73 bits per heavy atom. The highest BCUT2D eigenvalue weighted by atomic mass is 32.1. The van der Waals surface area contributed by atoms with Gasteiger partial charge >= 0.3 is 0 Å². The van der Waals surface area contributed by atoms with Crippen LogP contribution in [0.5, 0.6) is 0 Å². The van der Waals surface area contributed by atoms with Crippen molar-refractivity contribution in [3.05, 3.63) is 12.2 Å². The minimum Gasteiger partial charge on any atom is -0.296 e. The number of likely N-dealkylation sites (tertiary alicyclic amines) is 1. The van der Waals surface area contributed by atoms with Gasteiger partial charge in [0.05, 0.1) is 0 Å². The van der Waals surface area contributed by atoms with Gasteiger partial charge < -0.3 is 0 Å². The summed E-state index contributed by atoms with van der Waals surface area (Å²) in [6, 6.07) is 0.900. The molecule has 1 nitrogen and oxygen atoms in total. The zero-order chi connectivity index (χ0) is 10.5. The van der Waals surface area contributed by atoms with Crippen LogP contribution in [0.25, 0.3) is 0 Å². The van der Waals surface area contributed by atoms with Crippen molar-refractivity contribution >= 4 is 12.6 Å². The van der Waals surface area contributed by atoms with Gasteiger partial charge in [0.1, 0.15) is 0 Å². The molecule has 1 saturated carbocycles. The fraction of sp³-hybridized carbons (Fsp3) is 0.846. The van der Waals surface area contributed by atoms with Crippen LogP contribution in [0.2, 0.25) is 0 Å². The molecule has 15 heavy (non-hydrogen) atoms. The number of hydrogen-bond donors (Lipinski definition) is 1. The molecule has 0 radical (unpaired) electrons. The zero-order valence-electron chi connectivity index (χ0n) is 9.57. The number of fused-ring (bicyclic) bond motifs is 1. The van der Waals surface area contributed by atoms with Gasteiger partial charge in [-0.25, -0.2) is 0 Å². The van der Waals surface area contributed by atoms with E-state index in [2.05, 4.69) is 29.7 Å². The summed E-state index contributed by atoms with van der Waals surface area (Å²) in [6.45, 7) is 2.47. The molecular weight excluding hydrogens is 202 g/mol. The standard InChI is InChI=1S/C13H23NS/c15-11-4-3-9-14-10-5-7-12-6-1-2-8-13(12)14/h3-4,12-13,15H,1-2,5-11H2. The van der Waals surface area contributed by atoms with E-state index < -0.39 is 0 Å². The van der Waals surface area contributed by atoms with Gasteiger partial charge in [-0.05, 0) is 38.1 Å². The summed E-state index contributed by atoms with van der Waals surface area (Å²) in [5.41, 5.74) is 0. The first-order valence-electron chi connectivity index (χ1n) is 6.41. The Balaban J connectivity index is 1.88. The molecule has 1 saturated heterocycles. The highest BCUT2D eigenvalue weighted by Gasteiger charge is 2.32. The van der Waals surface area contributed by atoms with E-state index in [-0.39, 0.29) is 0 Å². The van der Waals surface area contributed by atoms with Crippen molar-refractivity contribution in [2.45, 2.75) is 44.6 Å². The molecule has 0 amide bonds. The Kier molecular flexibility index (Phi) is 4.58. The molecule has 2 fully saturated rings. The molecular formula is C13H23NS. The number of hydrogen-bond acceptors (Lipinski definition) is 2. The van der Waals surface area contributed by atoms with E-state index >= 15 is 0 Å². The minimum absolute atomic E-state index is 0.877. The fourth-order valence-corrected chi connectivity index (χ4v) is 3.39. The monoisotopic (exact) mass is 225 g/mol. The smallest absolute Gasteiger partial charge is 0.0166 e. The van der Waals surface area contributed by atoms with Crippen molar-refractivity contribution in [3.8, 4) is 0 Å². The topological polar surface area (TPSA) is 3.24 Å². The van der Waals surface area contributed by atoms with E-state index in [0.717, 1.165) is 24.3 Å². The molecule has 0 aromatic heterocycles. The average Bonchev–Trinajstić information content (AvgIpc) is 2.30. The molecule has 2 unspecified atom stereocenters. The predicted molar refractivity (Wildman–Crippen MR) is 69.5 cm³/mol. The second kappa shape index (κ2) is 5.95. The van der Waals surface area contributed by atoms with Gasteiger partial charge in [0, 0.05) is 18.3 Å². The third kappa shape index (κ3) is 3.01. The molecule has 2 aliphatic rings. The van der Waals surface area contributed by atoms with Gasteiger partial charge in [0.2, 0.25) is 0 Å². The van der Waals surface area contributed by atoms with Crippen molar-refractivity contribution < 1.29 is 0 Å². The summed E-state index contributed by atoms with van der Waals surface area (Å²) < 4.78 is 0. The molecule has 0 N–H and O–H groups in total. The largest absolute Gasteiger partial charge is 0.296 e. The highest BCUT2D eigenvalue weighted by Crippen LogP contribution is 2.34. The molecule has 2 rings (SSSR count). The maximum Gasteiger partial charge on any atom is 0.0166 e. The maximum atomic E-state index is 4.21. The van der Waals surface area contributed by atoms with Crippen molar-refractivity contribution in [2.24, 2.45) is 5.92 Å². The summed E-state index contributed by atoms with van der Waals surface area (Å²) >= 11 is 4.21. The van der Waals surface area contributed by atoms with Gasteiger partial charge in [0.25, 0.3) is 0 Å². The maximum absolute atomic E-state index is 4.21. The van der Waals surface area contributed by atoms with Crippen LogP contribution in [-0.2, 0) is 0 Å². The van der Waals surface area contributed by atoms with Gasteiger partial charge in [0.15, 0.2) is 0 Å². The summed E-state index contributed by atoms with van der Waals surface area (Å²) in [5, 5.41) is 0. The van der Waals surface area contributed by atoms with Crippen molar-refractivity contribution in [1.29, 1.82) is 0 Å². The third-order valence-electron chi connectivity index (χ3n) is 3.97. The van der Waals surface area contributed by atoms with Crippen molar-refractivity contribution in [3.63, 3.8) is 0 Å². The molecule has 2 atom stereocenters. The first-order chi connectivity index (χ1) is 7.42. The van der Waals surface area contributed by atoms with Crippen LogP contribution in [0.4, 0.5) is 0 Å². The van der Waals surface area contributed by atoms with Gasteiger partial charge in [-0.1, -0.05) is 25.0 Å². The lowest BCUT2D eigenvalue weighted by Gasteiger charge is -2.43. The molecule has 1 aliphatic carbocycles. The quantitative estimate of drug-likeness (QED) is 0.570. The fourth-order valence-electron chi connectivity index (χ4n) is 3.24. The molecule has 0 aromatic carbocycles. The predicted octanol–water partition coefficient (Wildman–Crippen LogP) is 3.13. The highest BCUT2D eigenvalue weighted by molar-refractivity contribution is 7.80. The first kappa shape index (κ1) is 11.5.